The largest absolute Gasteiger partial charge is 0.480 e. The number of hydrogen-bond acceptors (Lipinski definition) is 7. The van der Waals surface area contributed by atoms with E-state index in [1.54, 1.807) is 11.0 Å². The predicted octanol–water partition coefficient (Wildman–Crippen LogP) is 1.20. The molecule has 3 rings (SSSR count). The molecule has 0 radical (unpaired) electrons. The number of likely N-dealkylation sites (tertiary alicyclic amines) is 1. The highest BCUT2D eigenvalue weighted by Gasteiger charge is 2.37. The molecule has 11 nitrogen and oxygen atoms in total. The normalized spacial score (nSPS) is 21.1. The summed E-state index contributed by atoms with van der Waals surface area (Å²) in [7, 11) is 0. The first-order valence-electron chi connectivity index (χ1n) is 13.6. The minimum absolute atomic E-state index is 0.0836. The van der Waals surface area contributed by atoms with Crippen LogP contribution in [0.4, 0.5) is 13.6 Å². The number of urea groups is 1. The van der Waals surface area contributed by atoms with Crippen LogP contribution in [0, 0.1) is 5.41 Å². The molecule has 0 saturated carbocycles. The zero-order valence-corrected chi connectivity index (χ0v) is 23.1. The molecule has 2 heterocycles. The molecule has 1 aromatic carbocycles. The maximum Gasteiger partial charge on any atom is 0.320 e. The van der Waals surface area contributed by atoms with Gasteiger partial charge in [0.25, 0.3) is 5.91 Å². The van der Waals surface area contributed by atoms with E-state index in [9.17, 15) is 38.5 Å². The van der Waals surface area contributed by atoms with Crippen LogP contribution in [0.5, 0.6) is 0 Å². The minimum Gasteiger partial charge on any atom is -0.480 e. The molecule has 1 saturated heterocycles. The molecular weight excluding hydrogens is 528 g/mol. The average molecular weight is 570 g/mol. The van der Waals surface area contributed by atoms with Crippen molar-refractivity contribution in [3.8, 4) is 0 Å². The highest BCUT2D eigenvalue weighted by molar-refractivity contribution is 5.96. The van der Waals surface area contributed by atoms with Gasteiger partial charge in [-0.3, -0.25) is 19.8 Å². The van der Waals surface area contributed by atoms with Crippen LogP contribution in [0.25, 0.3) is 0 Å². The number of carbonyl (C=O) groups excluding carboxylic acids is 2. The zero-order valence-electron chi connectivity index (χ0n) is 23.1. The number of hydrogen-bond donors (Lipinski definition) is 6. The summed E-state index contributed by atoms with van der Waals surface area (Å²) in [6.07, 6.45) is -4.80. The van der Waals surface area contributed by atoms with E-state index < -0.39 is 55.4 Å². The van der Waals surface area contributed by atoms with Gasteiger partial charge in [-0.25, -0.2) is 13.6 Å². The molecular formula is C27H41F2N5O6. The van der Waals surface area contributed by atoms with E-state index in [1.165, 1.54) is 4.90 Å². The van der Waals surface area contributed by atoms with Crippen molar-refractivity contribution in [3.63, 3.8) is 0 Å². The van der Waals surface area contributed by atoms with Gasteiger partial charge >= 0.3 is 12.0 Å². The van der Waals surface area contributed by atoms with Crippen molar-refractivity contribution in [2.24, 2.45) is 5.41 Å². The molecule has 2 unspecified atom stereocenters. The summed E-state index contributed by atoms with van der Waals surface area (Å²) in [5.74, 6) is -1.59. The van der Waals surface area contributed by atoms with Gasteiger partial charge in [-0.2, -0.15) is 0 Å². The number of carboxylic acid groups (broad SMARTS) is 1. The van der Waals surface area contributed by atoms with Crippen molar-refractivity contribution in [2.75, 3.05) is 26.2 Å². The van der Waals surface area contributed by atoms with Crippen LogP contribution in [-0.2, 0) is 11.2 Å². The second kappa shape index (κ2) is 13.7. The molecule has 224 valence electrons. The molecule has 1 aromatic rings. The number of rotatable bonds is 12. The van der Waals surface area contributed by atoms with E-state index in [-0.39, 0.29) is 17.9 Å². The number of aliphatic hydroxyl groups is 2. The Morgan fingerprint density at radius 1 is 1.15 bits per heavy atom. The lowest BCUT2D eigenvalue weighted by Gasteiger charge is -2.38. The minimum atomic E-state index is -2.87. The van der Waals surface area contributed by atoms with E-state index >= 15 is 0 Å². The third-order valence-corrected chi connectivity index (χ3v) is 7.56. The van der Waals surface area contributed by atoms with Crippen molar-refractivity contribution < 1.29 is 38.5 Å². The van der Waals surface area contributed by atoms with Crippen molar-refractivity contribution in [3.05, 3.63) is 35.4 Å². The summed E-state index contributed by atoms with van der Waals surface area (Å²) in [6.45, 7) is 6.88. The Morgan fingerprint density at radius 3 is 2.50 bits per heavy atom. The van der Waals surface area contributed by atoms with Crippen LogP contribution in [0.1, 0.15) is 56.0 Å². The van der Waals surface area contributed by atoms with Gasteiger partial charge in [-0.1, -0.05) is 39.0 Å². The van der Waals surface area contributed by atoms with Crippen molar-refractivity contribution >= 4 is 17.9 Å². The smallest absolute Gasteiger partial charge is 0.320 e. The maximum atomic E-state index is 13.0. The number of nitrogens with one attached hydrogen (secondary N) is 3. The van der Waals surface area contributed by atoms with E-state index in [2.05, 4.69) is 16.0 Å². The molecule has 2 aliphatic rings. The quantitative estimate of drug-likeness (QED) is 0.205. The molecule has 2 aliphatic heterocycles. The third kappa shape index (κ3) is 8.32. The monoisotopic (exact) mass is 569 g/mol. The molecule has 3 amide bonds. The SMILES string of the molecule is CC(C)(C)[C@@H](CN1CCc2ccccc2C1=O)NC(=O)NCC(O)N1CCC[C@H]1C(O)N[C@@H](CC(F)F)C(=O)O. The molecule has 1 fully saturated rings. The highest BCUT2D eigenvalue weighted by atomic mass is 19.3. The highest BCUT2D eigenvalue weighted by Crippen LogP contribution is 2.25. The molecule has 5 atom stereocenters. The van der Waals surface area contributed by atoms with Crippen LogP contribution < -0.4 is 16.0 Å². The molecule has 0 bridgehead atoms. The number of nitrogens with zero attached hydrogens (tertiary/aromatic N) is 2. The Morgan fingerprint density at radius 2 is 1.85 bits per heavy atom. The Labute approximate surface area is 232 Å². The van der Waals surface area contributed by atoms with Crippen molar-refractivity contribution in [1.82, 2.24) is 25.8 Å². The van der Waals surface area contributed by atoms with Crippen LogP contribution in [0.15, 0.2) is 24.3 Å². The standard InChI is InChI=1S/C27H41F2N5O6/c1-27(2,3)20(15-33-12-10-16-7-4-5-8-17(16)24(33)37)32-26(40)30-14-22(35)34-11-6-9-19(34)23(36)31-18(25(38)39)13-21(28)29/h4-5,7-8,18-23,31,35-36H,6,9-15H2,1-3H3,(H,38,39)(H2,30,32,40)/t18-,19-,20+,22?,23?/m0/s1. The van der Waals surface area contributed by atoms with Crippen LogP contribution >= 0.6 is 0 Å². The van der Waals surface area contributed by atoms with Gasteiger partial charge in [0.15, 0.2) is 0 Å². The van der Waals surface area contributed by atoms with Gasteiger partial charge in [-0.15, -0.1) is 0 Å². The Hall–Kier alpha value is -2.87. The van der Waals surface area contributed by atoms with E-state index in [0.717, 1.165) is 12.0 Å². The van der Waals surface area contributed by atoms with E-state index in [0.29, 0.717) is 38.0 Å². The summed E-state index contributed by atoms with van der Waals surface area (Å²) in [5.41, 5.74) is 1.28. The van der Waals surface area contributed by atoms with Gasteiger partial charge in [-0.05, 0) is 36.3 Å². The number of fused-ring (bicyclic) bond motifs is 1. The number of carboxylic acids is 1. The number of aliphatic carboxylic acids is 1. The van der Waals surface area contributed by atoms with Gasteiger partial charge in [0.1, 0.15) is 18.5 Å². The summed E-state index contributed by atoms with van der Waals surface area (Å²) in [4.78, 5) is 40.4. The van der Waals surface area contributed by atoms with Gasteiger partial charge < -0.3 is 30.9 Å². The fourth-order valence-corrected chi connectivity index (χ4v) is 5.17. The predicted molar refractivity (Wildman–Crippen MR) is 143 cm³/mol. The summed E-state index contributed by atoms with van der Waals surface area (Å²) in [6, 6.07) is 4.16. The van der Waals surface area contributed by atoms with E-state index in [1.807, 2.05) is 39.0 Å². The second-order valence-electron chi connectivity index (χ2n) is 11.5. The van der Waals surface area contributed by atoms with Crippen LogP contribution in [-0.4, -0.2) is 106 Å². The first-order valence-corrected chi connectivity index (χ1v) is 13.6. The van der Waals surface area contributed by atoms with Crippen LogP contribution in [0.3, 0.4) is 0 Å². The lowest BCUT2D eigenvalue weighted by atomic mass is 9.85. The van der Waals surface area contributed by atoms with Crippen molar-refractivity contribution in [2.45, 2.75) is 83.5 Å². The number of amides is 3. The number of alkyl halides is 2. The lowest BCUT2D eigenvalue weighted by Crippen LogP contribution is -2.58. The number of aliphatic hydroxyl groups excluding tert-OH is 2. The van der Waals surface area contributed by atoms with Crippen LogP contribution in [0.2, 0.25) is 0 Å². The molecule has 0 aromatic heterocycles. The van der Waals surface area contributed by atoms with E-state index in [4.69, 9.17) is 0 Å². The lowest BCUT2D eigenvalue weighted by molar-refractivity contribution is -0.142. The topological polar surface area (TPSA) is 154 Å². The van der Waals surface area contributed by atoms with Crippen molar-refractivity contribution in [1.29, 1.82) is 0 Å². The Kier molecular flexibility index (Phi) is 10.8. The fourth-order valence-electron chi connectivity index (χ4n) is 5.17. The van der Waals surface area contributed by atoms with Gasteiger partial charge in [0.05, 0.1) is 18.6 Å². The molecule has 13 heteroatoms. The molecule has 6 N–H and O–H groups in total. The Bertz CT molecular complexity index is 1040. The van der Waals surface area contributed by atoms with Gasteiger partial charge in [0.2, 0.25) is 6.43 Å². The maximum absolute atomic E-state index is 13.0. The zero-order chi connectivity index (χ0) is 29.6. The number of halogens is 2. The average Bonchev–Trinajstić information content (AvgIpc) is 3.37. The van der Waals surface area contributed by atoms with Gasteiger partial charge in [0, 0.05) is 31.6 Å². The Balaban J connectivity index is 1.55. The summed E-state index contributed by atoms with van der Waals surface area (Å²) >= 11 is 0. The summed E-state index contributed by atoms with van der Waals surface area (Å²) < 4.78 is 25.5. The third-order valence-electron chi connectivity index (χ3n) is 7.56. The fraction of sp³-hybridized carbons (Fsp3) is 0.667. The number of benzene rings is 1. The molecule has 0 aliphatic carbocycles. The molecule has 40 heavy (non-hydrogen) atoms. The second-order valence-corrected chi connectivity index (χ2v) is 11.5. The first-order chi connectivity index (χ1) is 18.8. The molecule has 0 spiro atoms. The summed E-state index contributed by atoms with van der Waals surface area (Å²) in [5, 5.41) is 38.3. The first kappa shape index (κ1) is 31.7. The number of carbonyl (C=O) groups is 3.